The van der Waals surface area contributed by atoms with Gasteiger partial charge in [-0.25, -0.2) is 9.37 Å². The summed E-state index contributed by atoms with van der Waals surface area (Å²) in [6, 6.07) is 4.51. The van der Waals surface area contributed by atoms with Crippen LogP contribution in [0.1, 0.15) is 31.5 Å². The molecule has 0 aliphatic heterocycles. The van der Waals surface area contributed by atoms with Gasteiger partial charge in [-0.2, -0.15) is 0 Å². The normalized spacial score (nSPS) is 14.0. The van der Waals surface area contributed by atoms with Gasteiger partial charge in [-0.05, 0) is 43.7 Å². The summed E-state index contributed by atoms with van der Waals surface area (Å²) in [4.78, 5) is 4.76. The number of nitrogens with zero attached hydrogens (tertiary/aromatic N) is 2. The van der Waals surface area contributed by atoms with E-state index < -0.39 is 11.6 Å². The van der Waals surface area contributed by atoms with Crippen molar-refractivity contribution in [2.75, 3.05) is 0 Å². The van der Waals surface area contributed by atoms with E-state index in [0.717, 1.165) is 24.1 Å². The van der Waals surface area contributed by atoms with Gasteiger partial charge in [-0.3, -0.25) is 0 Å². The first kappa shape index (κ1) is 21.2. The summed E-state index contributed by atoms with van der Waals surface area (Å²) in [5, 5.41) is 10.3. The Balaban J connectivity index is 2.09. The van der Waals surface area contributed by atoms with Crippen LogP contribution in [-0.2, 0) is 13.0 Å². The van der Waals surface area contributed by atoms with E-state index in [-0.39, 0.29) is 5.92 Å². The maximum Gasteiger partial charge on any atom is 0.165 e. The molecule has 3 rings (SSSR count). The van der Waals surface area contributed by atoms with E-state index in [1.807, 2.05) is 35.8 Å². The Bertz CT molecular complexity index is 1020. The van der Waals surface area contributed by atoms with Crippen molar-refractivity contribution in [3.8, 4) is 17.1 Å². The minimum atomic E-state index is -0.661. The molecule has 0 amide bonds. The number of allylic oxidation sites excluding steroid dienone is 6. The van der Waals surface area contributed by atoms with Crippen LogP contribution >= 0.6 is 12.2 Å². The fourth-order valence-electron chi connectivity index (χ4n) is 3.53. The fourth-order valence-corrected chi connectivity index (χ4v) is 3.94. The molecule has 5 heteroatoms. The Kier molecular flexibility index (Phi) is 6.80. The molecule has 0 unspecified atom stereocenters. The van der Waals surface area contributed by atoms with Gasteiger partial charge in [0.25, 0.3) is 0 Å². The van der Waals surface area contributed by atoms with Crippen LogP contribution in [0.25, 0.3) is 11.4 Å². The number of phenols is 1. The summed E-state index contributed by atoms with van der Waals surface area (Å²) in [6.07, 6.45) is 14.1. The molecule has 3 nitrogen and oxygen atoms in total. The summed E-state index contributed by atoms with van der Waals surface area (Å²) < 4.78 is 16.7. The number of hydrogen-bond acceptors (Lipinski definition) is 3. The van der Waals surface area contributed by atoms with Gasteiger partial charge in [-0.15, -0.1) is 0 Å². The van der Waals surface area contributed by atoms with Crippen molar-refractivity contribution < 1.29 is 9.50 Å². The third-order valence-electron chi connectivity index (χ3n) is 5.05. The van der Waals surface area contributed by atoms with E-state index in [1.54, 1.807) is 12.1 Å². The molecule has 2 aromatic rings. The van der Waals surface area contributed by atoms with Crippen LogP contribution in [0.5, 0.6) is 5.75 Å². The number of aryl methyl sites for hydroxylation is 1. The van der Waals surface area contributed by atoms with Crippen LogP contribution in [0.3, 0.4) is 0 Å². The molecule has 1 aliphatic carbocycles. The minimum Gasteiger partial charge on any atom is -0.504 e. The van der Waals surface area contributed by atoms with Gasteiger partial charge in [-0.1, -0.05) is 68.6 Å². The van der Waals surface area contributed by atoms with Crippen LogP contribution in [0.15, 0.2) is 54.7 Å². The van der Waals surface area contributed by atoms with Gasteiger partial charge in [0.15, 0.2) is 11.6 Å². The highest BCUT2D eigenvalue weighted by molar-refractivity contribution is 7.71. The van der Waals surface area contributed by atoms with E-state index in [4.69, 9.17) is 17.2 Å². The van der Waals surface area contributed by atoms with Crippen LogP contribution < -0.4 is 0 Å². The van der Waals surface area contributed by atoms with E-state index in [9.17, 15) is 9.50 Å². The van der Waals surface area contributed by atoms with Crippen molar-refractivity contribution in [3.63, 3.8) is 0 Å². The highest BCUT2D eigenvalue weighted by Gasteiger charge is 2.18. The number of hydrogen-bond donors (Lipinski definition) is 1. The van der Waals surface area contributed by atoms with Crippen LogP contribution in [0, 0.1) is 29.2 Å². The topological polar surface area (TPSA) is 38.1 Å². The number of benzene rings is 1. The first-order valence-electron chi connectivity index (χ1n) is 9.98. The second-order valence-corrected chi connectivity index (χ2v) is 8.18. The standard InChI is InChI=1S/C24H27FN2OS/c1-16(2)15-20-17(3)26-23(19-11-8-12-21(25)22(19)28)27(24(20)29)14-13-18-9-6-4-5-7-10-18/h4-12,16,18,28H,13-15H2,1-3H3. The van der Waals surface area contributed by atoms with E-state index in [1.165, 1.54) is 6.07 Å². The Morgan fingerprint density at radius 1 is 1.17 bits per heavy atom. The highest BCUT2D eigenvalue weighted by Crippen LogP contribution is 2.32. The largest absolute Gasteiger partial charge is 0.504 e. The average molecular weight is 411 g/mol. The molecule has 0 radical (unpaired) electrons. The molecule has 1 N–H and O–H groups in total. The van der Waals surface area contributed by atoms with E-state index in [0.29, 0.717) is 28.5 Å². The SMILES string of the molecule is Cc1nc(-c2cccc(F)c2O)n(CCC2C=CC=CC=C2)c(=S)c1CC(C)C. The molecule has 0 fully saturated rings. The van der Waals surface area contributed by atoms with E-state index >= 15 is 0 Å². The lowest BCUT2D eigenvalue weighted by Crippen LogP contribution is -2.14. The fraction of sp³-hybridized carbons (Fsp3) is 0.333. The number of aromatic nitrogens is 2. The maximum atomic E-state index is 14.0. The second kappa shape index (κ2) is 9.31. The van der Waals surface area contributed by atoms with Crippen molar-refractivity contribution in [2.24, 2.45) is 11.8 Å². The Labute approximate surface area is 176 Å². The lowest BCUT2D eigenvalue weighted by Gasteiger charge is -2.20. The smallest absolute Gasteiger partial charge is 0.165 e. The quantitative estimate of drug-likeness (QED) is 0.566. The van der Waals surface area contributed by atoms with Crippen LogP contribution in [0.2, 0.25) is 0 Å². The van der Waals surface area contributed by atoms with Gasteiger partial charge in [0.05, 0.1) is 5.56 Å². The molecule has 0 saturated carbocycles. The number of para-hydroxylation sites is 1. The molecule has 1 heterocycles. The first-order chi connectivity index (χ1) is 13.9. The lowest BCUT2D eigenvalue weighted by atomic mass is 10.0. The van der Waals surface area contributed by atoms with Crippen LogP contribution in [-0.4, -0.2) is 14.7 Å². The van der Waals surface area contributed by atoms with Crippen molar-refractivity contribution in [1.82, 2.24) is 9.55 Å². The average Bonchev–Trinajstić information content (AvgIpc) is 2.95. The Hall–Kier alpha value is -2.53. The molecule has 29 heavy (non-hydrogen) atoms. The molecule has 1 aliphatic rings. The number of rotatable bonds is 6. The predicted molar refractivity (Wildman–Crippen MR) is 119 cm³/mol. The Morgan fingerprint density at radius 2 is 1.86 bits per heavy atom. The summed E-state index contributed by atoms with van der Waals surface area (Å²) in [5.74, 6) is 0.175. The molecular weight excluding hydrogens is 383 g/mol. The summed E-state index contributed by atoms with van der Waals surface area (Å²) in [7, 11) is 0. The second-order valence-electron chi connectivity index (χ2n) is 7.80. The third-order valence-corrected chi connectivity index (χ3v) is 5.51. The molecule has 0 saturated heterocycles. The number of halogens is 1. The molecule has 152 valence electrons. The maximum absolute atomic E-state index is 14.0. The third kappa shape index (κ3) is 4.91. The zero-order chi connectivity index (χ0) is 21.0. The van der Waals surface area contributed by atoms with Gasteiger partial charge in [0.1, 0.15) is 10.5 Å². The van der Waals surface area contributed by atoms with Crippen molar-refractivity contribution in [3.05, 3.63) is 76.4 Å². The van der Waals surface area contributed by atoms with Gasteiger partial charge < -0.3 is 9.67 Å². The van der Waals surface area contributed by atoms with Crippen molar-refractivity contribution >= 4 is 12.2 Å². The molecule has 1 aromatic heterocycles. The minimum absolute atomic E-state index is 0.274. The zero-order valence-corrected chi connectivity index (χ0v) is 17.9. The monoisotopic (exact) mass is 410 g/mol. The molecule has 0 atom stereocenters. The summed E-state index contributed by atoms with van der Waals surface area (Å²) >= 11 is 5.85. The van der Waals surface area contributed by atoms with Crippen molar-refractivity contribution in [1.29, 1.82) is 0 Å². The summed E-state index contributed by atoms with van der Waals surface area (Å²) in [6.45, 7) is 6.86. The predicted octanol–water partition coefficient (Wildman–Crippen LogP) is 6.32. The molecule has 0 spiro atoms. The molecule has 0 bridgehead atoms. The highest BCUT2D eigenvalue weighted by atomic mass is 32.1. The molecular formula is C24H27FN2OS. The Morgan fingerprint density at radius 3 is 2.52 bits per heavy atom. The number of aromatic hydroxyl groups is 1. The van der Waals surface area contributed by atoms with Gasteiger partial charge >= 0.3 is 0 Å². The number of phenolic OH excluding ortho intramolecular Hbond substituents is 1. The first-order valence-corrected chi connectivity index (χ1v) is 10.4. The van der Waals surface area contributed by atoms with Gasteiger partial charge in [0.2, 0.25) is 0 Å². The van der Waals surface area contributed by atoms with Crippen LogP contribution in [0.4, 0.5) is 4.39 Å². The van der Waals surface area contributed by atoms with E-state index in [2.05, 4.69) is 26.0 Å². The summed E-state index contributed by atoms with van der Waals surface area (Å²) in [5.41, 5.74) is 2.24. The molecule has 1 aromatic carbocycles. The van der Waals surface area contributed by atoms with Crippen molar-refractivity contribution in [2.45, 2.75) is 40.2 Å². The lowest BCUT2D eigenvalue weighted by molar-refractivity contribution is 0.433. The van der Waals surface area contributed by atoms with Gasteiger partial charge in [0, 0.05) is 17.8 Å². The zero-order valence-electron chi connectivity index (χ0n) is 17.1.